The molecule has 0 spiro atoms. The van der Waals surface area contributed by atoms with Crippen LogP contribution in [-0.4, -0.2) is 21.5 Å². The molecule has 21 heavy (non-hydrogen) atoms. The third-order valence-electron chi connectivity index (χ3n) is 3.69. The molecule has 1 N–H and O–H groups in total. The number of aryl methyl sites for hydroxylation is 1. The summed E-state index contributed by atoms with van der Waals surface area (Å²) in [6.07, 6.45) is 2.84. The molecule has 1 atom stereocenters. The van der Waals surface area contributed by atoms with Gasteiger partial charge in [-0.2, -0.15) is 0 Å². The van der Waals surface area contributed by atoms with Gasteiger partial charge in [-0.05, 0) is 23.1 Å². The number of benzene rings is 1. The first-order chi connectivity index (χ1) is 9.90. The van der Waals surface area contributed by atoms with E-state index in [-0.39, 0.29) is 11.5 Å². The third-order valence-corrected chi connectivity index (χ3v) is 3.69. The maximum absolute atomic E-state index is 4.19. The van der Waals surface area contributed by atoms with Gasteiger partial charge < -0.3 is 5.32 Å². The van der Waals surface area contributed by atoms with Crippen molar-refractivity contribution in [3.63, 3.8) is 0 Å². The summed E-state index contributed by atoms with van der Waals surface area (Å²) in [7, 11) is 1.90. The molecule has 0 amide bonds. The van der Waals surface area contributed by atoms with E-state index in [9.17, 15) is 0 Å². The average Bonchev–Trinajstić information content (AvgIpc) is 2.83. The third kappa shape index (κ3) is 4.14. The van der Waals surface area contributed by atoms with E-state index in [0.29, 0.717) is 0 Å². The Labute approximate surface area is 127 Å². The van der Waals surface area contributed by atoms with E-state index in [1.807, 2.05) is 13.2 Å². The summed E-state index contributed by atoms with van der Waals surface area (Å²) in [5.41, 5.74) is 3.87. The van der Waals surface area contributed by atoms with E-state index in [1.54, 1.807) is 4.68 Å². The fourth-order valence-corrected chi connectivity index (χ4v) is 2.47. The average molecular weight is 286 g/mol. The van der Waals surface area contributed by atoms with Gasteiger partial charge in [0.1, 0.15) is 0 Å². The first-order valence-electron chi connectivity index (χ1n) is 7.59. The minimum Gasteiger partial charge on any atom is -0.310 e. The van der Waals surface area contributed by atoms with Crippen LogP contribution in [0.3, 0.4) is 0 Å². The topological polar surface area (TPSA) is 42.7 Å². The van der Waals surface area contributed by atoms with Crippen LogP contribution in [-0.2, 0) is 18.9 Å². The van der Waals surface area contributed by atoms with Gasteiger partial charge in [0.15, 0.2) is 0 Å². The highest BCUT2D eigenvalue weighted by molar-refractivity contribution is 5.29. The summed E-state index contributed by atoms with van der Waals surface area (Å²) in [4.78, 5) is 0. The van der Waals surface area contributed by atoms with Crippen LogP contribution >= 0.6 is 0 Å². The number of nitrogens with zero attached hydrogens (tertiary/aromatic N) is 3. The smallest absolute Gasteiger partial charge is 0.0845 e. The van der Waals surface area contributed by atoms with Crippen LogP contribution in [0.25, 0.3) is 0 Å². The summed E-state index contributed by atoms with van der Waals surface area (Å²) >= 11 is 0. The van der Waals surface area contributed by atoms with Gasteiger partial charge in [-0.15, -0.1) is 5.10 Å². The molecule has 4 nitrogen and oxygen atoms in total. The molecule has 0 aliphatic carbocycles. The van der Waals surface area contributed by atoms with Gasteiger partial charge in [0.05, 0.1) is 5.69 Å². The Bertz CT molecular complexity index is 563. The Hall–Kier alpha value is -1.68. The molecule has 114 valence electrons. The van der Waals surface area contributed by atoms with Gasteiger partial charge in [-0.25, -0.2) is 0 Å². The number of rotatable bonds is 5. The van der Waals surface area contributed by atoms with Gasteiger partial charge in [-0.3, -0.25) is 4.68 Å². The van der Waals surface area contributed by atoms with Crippen molar-refractivity contribution in [1.82, 2.24) is 20.3 Å². The Morgan fingerprint density at radius 2 is 1.86 bits per heavy atom. The van der Waals surface area contributed by atoms with Crippen LogP contribution in [0.4, 0.5) is 0 Å². The molecule has 0 aliphatic rings. The summed E-state index contributed by atoms with van der Waals surface area (Å²) in [5.74, 6) is 0. The van der Waals surface area contributed by atoms with Crippen LogP contribution in [0, 0.1) is 0 Å². The molecular weight excluding hydrogens is 260 g/mol. The number of nitrogens with one attached hydrogen (secondary N) is 1. The summed E-state index contributed by atoms with van der Waals surface area (Å²) < 4.78 is 1.75. The molecule has 0 fully saturated rings. The van der Waals surface area contributed by atoms with Crippen LogP contribution in [0.1, 0.15) is 50.6 Å². The van der Waals surface area contributed by atoms with E-state index in [4.69, 9.17) is 0 Å². The lowest BCUT2D eigenvalue weighted by Gasteiger charge is -2.21. The number of hydrogen-bond donors (Lipinski definition) is 1. The standard InChI is InChI=1S/C17H26N4/c1-6-18-16(11-15-12-21(5)20-19-15)13-7-9-14(10-8-13)17(2,3)4/h7-10,12,16,18H,6,11H2,1-5H3. The fraction of sp³-hybridized carbons (Fsp3) is 0.529. The minimum absolute atomic E-state index is 0.192. The van der Waals surface area contributed by atoms with Crippen LogP contribution in [0.2, 0.25) is 0 Å². The largest absolute Gasteiger partial charge is 0.310 e. The van der Waals surface area contributed by atoms with Crippen molar-refractivity contribution in [3.05, 3.63) is 47.3 Å². The van der Waals surface area contributed by atoms with E-state index >= 15 is 0 Å². The van der Waals surface area contributed by atoms with E-state index < -0.39 is 0 Å². The van der Waals surface area contributed by atoms with Crippen LogP contribution in [0.15, 0.2) is 30.5 Å². The van der Waals surface area contributed by atoms with Crippen molar-refractivity contribution in [2.24, 2.45) is 7.05 Å². The molecule has 0 aliphatic heterocycles. The maximum Gasteiger partial charge on any atom is 0.0845 e. The van der Waals surface area contributed by atoms with Gasteiger partial charge in [0, 0.05) is 25.7 Å². The monoisotopic (exact) mass is 286 g/mol. The number of likely N-dealkylation sites (N-methyl/N-ethyl adjacent to an activating group) is 1. The molecule has 0 saturated carbocycles. The molecule has 2 aromatic rings. The Morgan fingerprint density at radius 3 is 2.33 bits per heavy atom. The van der Waals surface area contributed by atoms with Gasteiger partial charge >= 0.3 is 0 Å². The molecule has 1 aromatic carbocycles. The maximum atomic E-state index is 4.19. The zero-order valence-electron chi connectivity index (χ0n) is 13.7. The molecule has 1 aromatic heterocycles. The van der Waals surface area contributed by atoms with E-state index in [1.165, 1.54) is 11.1 Å². The lowest BCUT2D eigenvalue weighted by molar-refractivity contribution is 0.541. The Balaban J connectivity index is 2.17. The SMILES string of the molecule is CCNC(Cc1cn(C)nn1)c1ccc(C(C)(C)C)cc1. The fourth-order valence-electron chi connectivity index (χ4n) is 2.47. The number of aromatic nitrogens is 3. The van der Waals surface area contributed by atoms with E-state index in [0.717, 1.165) is 18.7 Å². The zero-order chi connectivity index (χ0) is 15.5. The predicted molar refractivity (Wildman–Crippen MR) is 86.3 cm³/mol. The Kier molecular flexibility index (Phi) is 4.78. The minimum atomic E-state index is 0.192. The zero-order valence-corrected chi connectivity index (χ0v) is 13.7. The molecule has 0 radical (unpaired) electrons. The highest BCUT2D eigenvalue weighted by Gasteiger charge is 2.16. The Morgan fingerprint density at radius 1 is 1.19 bits per heavy atom. The first kappa shape index (κ1) is 15.7. The van der Waals surface area contributed by atoms with Crippen molar-refractivity contribution in [3.8, 4) is 0 Å². The first-order valence-corrected chi connectivity index (χ1v) is 7.59. The van der Waals surface area contributed by atoms with Gasteiger partial charge in [0.2, 0.25) is 0 Å². The van der Waals surface area contributed by atoms with Crippen LogP contribution < -0.4 is 5.32 Å². The second kappa shape index (κ2) is 6.39. The summed E-state index contributed by atoms with van der Waals surface area (Å²) in [5, 5.41) is 11.7. The van der Waals surface area contributed by atoms with Crippen molar-refractivity contribution in [2.75, 3.05) is 6.54 Å². The second-order valence-corrected chi connectivity index (χ2v) is 6.57. The normalized spacial score (nSPS) is 13.4. The van der Waals surface area contributed by atoms with Crippen molar-refractivity contribution >= 4 is 0 Å². The van der Waals surface area contributed by atoms with Crippen molar-refractivity contribution in [1.29, 1.82) is 0 Å². The van der Waals surface area contributed by atoms with Crippen molar-refractivity contribution < 1.29 is 0 Å². The lowest BCUT2D eigenvalue weighted by Crippen LogP contribution is -2.23. The summed E-state index contributed by atoms with van der Waals surface area (Å²) in [6, 6.07) is 9.20. The van der Waals surface area contributed by atoms with Crippen LogP contribution in [0.5, 0.6) is 0 Å². The molecule has 1 unspecified atom stereocenters. The molecular formula is C17H26N4. The molecule has 0 saturated heterocycles. The summed E-state index contributed by atoms with van der Waals surface area (Å²) in [6.45, 7) is 9.79. The van der Waals surface area contributed by atoms with Gasteiger partial charge in [0.25, 0.3) is 0 Å². The van der Waals surface area contributed by atoms with Gasteiger partial charge in [-0.1, -0.05) is 57.2 Å². The van der Waals surface area contributed by atoms with E-state index in [2.05, 4.69) is 67.6 Å². The lowest BCUT2D eigenvalue weighted by atomic mass is 9.86. The number of hydrogen-bond acceptors (Lipinski definition) is 3. The second-order valence-electron chi connectivity index (χ2n) is 6.57. The molecule has 2 rings (SSSR count). The molecule has 4 heteroatoms. The highest BCUT2D eigenvalue weighted by atomic mass is 15.4. The predicted octanol–water partition coefficient (Wildman–Crippen LogP) is 3.01. The van der Waals surface area contributed by atoms with Crippen molar-refractivity contribution in [2.45, 2.75) is 45.6 Å². The highest BCUT2D eigenvalue weighted by Crippen LogP contribution is 2.25. The molecule has 1 heterocycles. The quantitative estimate of drug-likeness (QED) is 0.919. The molecule has 0 bridgehead atoms.